The van der Waals surface area contributed by atoms with Gasteiger partial charge in [-0.3, -0.25) is 19.2 Å². The molecule has 0 rings (SSSR count). The molecule has 18 heavy (non-hydrogen) atoms. The third kappa shape index (κ3) is 3.27. The summed E-state index contributed by atoms with van der Waals surface area (Å²) in [5.41, 5.74) is -2.72. The molecule has 0 radical (unpaired) electrons. The smallest absolute Gasteiger partial charge is 0.314 e. The highest BCUT2D eigenvalue weighted by molar-refractivity contribution is 5.98. The second kappa shape index (κ2) is 5.75. The number of hydrogen-bond donors (Lipinski definition) is 4. The maximum Gasteiger partial charge on any atom is 0.314 e. The van der Waals surface area contributed by atoms with Crippen LogP contribution >= 0.6 is 0 Å². The summed E-state index contributed by atoms with van der Waals surface area (Å²) in [6.07, 6.45) is -2.85. The molecule has 0 aromatic rings. The zero-order valence-corrected chi connectivity index (χ0v) is 8.90. The molecule has 0 aliphatic heterocycles. The van der Waals surface area contributed by atoms with Gasteiger partial charge >= 0.3 is 23.9 Å². The van der Waals surface area contributed by atoms with Crippen LogP contribution in [0.2, 0.25) is 0 Å². The molecule has 0 aromatic heterocycles. The van der Waals surface area contributed by atoms with E-state index < -0.39 is 48.1 Å². The Morgan fingerprint density at radius 3 is 1.50 bits per heavy atom. The third-order valence-corrected chi connectivity index (χ3v) is 2.36. The molecule has 0 aliphatic carbocycles. The Bertz CT molecular complexity index is 381. The van der Waals surface area contributed by atoms with E-state index in [0.29, 0.717) is 0 Å². The van der Waals surface area contributed by atoms with Crippen LogP contribution in [-0.2, 0) is 24.0 Å². The number of aliphatic carboxylic acids is 4. The van der Waals surface area contributed by atoms with Crippen molar-refractivity contribution in [2.24, 2.45) is 11.3 Å². The van der Waals surface area contributed by atoms with E-state index in [1.165, 1.54) is 0 Å². The molecule has 0 saturated heterocycles. The van der Waals surface area contributed by atoms with Crippen LogP contribution in [0.15, 0.2) is 0 Å². The van der Waals surface area contributed by atoms with Crippen molar-refractivity contribution in [3.05, 3.63) is 0 Å². The van der Waals surface area contributed by atoms with Gasteiger partial charge in [0, 0.05) is 0 Å². The van der Waals surface area contributed by atoms with E-state index >= 15 is 0 Å². The summed E-state index contributed by atoms with van der Waals surface area (Å²) in [6, 6.07) is 0. The standard InChI is InChI=1S/C9H10O9/c10-3-4(7(15)16)9(8(17)18,1-5(11)12)2-6(13)14/h3-4H,1-2H2,(H,11,12)(H,13,14)(H,15,16)(H,17,18). The summed E-state index contributed by atoms with van der Waals surface area (Å²) in [6.45, 7) is 0. The number of carbonyl (C=O) groups is 5. The summed E-state index contributed by atoms with van der Waals surface area (Å²) in [5, 5.41) is 34.8. The second-order valence-corrected chi connectivity index (χ2v) is 3.55. The van der Waals surface area contributed by atoms with E-state index in [9.17, 15) is 24.0 Å². The molecular formula is C9H10O9. The summed E-state index contributed by atoms with van der Waals surface area (Å²) in [4.78, 5) is 53.6. The second-order valence-electron chi connectivity index (χ2n) is 3.55. The highest BCUT2D eigenvalue weighted by Gasteiger charge is 2.52. The molecule has 4 N–H and O–H groups in total. The van der Waals surface area contributed by atoms with Crippen LogP contribution in [0, 0.1) is 11.3 Å². The Hall–Kier alpha value is -2.45. The van der Waals surface area contributed by atoms with Crippen molar-refractivity contribution in [2.75, 3.05) is 0 Å². The molecule has 9 heteroatoms. The Morgan fingerprint density at radius 1 is 0.944 bits per heavy atom. The van der Waals surface area contributed by atoms with Gasteiger partial charge in [0.2, 0.25) is 0 Å². The van der Waals surface area contributed by atoms with Crippen molar-refractivity contribution >= 4 is 30.2 Å². The van der Waals surface area contributed by atoms with Gasteiger partial charge in [-0.05, 0) is 0 Å². The van der Waals surface area contributed by atoms with E-state index in [1.807, 2.05) is 0 Å². The summed E-state index contributed by atoms with van der Waals surface area (Å²) < 4.78 is 0. The monoisotopic (exact) mass is 262 g/mol. The molecule has 100 valence electrons. The summed E-state index contributed by atoms with van der Waals surface area (Å²) >= 11 is 0. The van der Waals surface area contributed by atoms with Gasteiger partial charge in [-0.15, -0.1) is 0 Å². The molecule has 9 nitrogen and oxygen atoms in total. The minimum atomic E-state index is -2.72. The van der Waals surface area contributed by atoms with E-state index in [4.69, 9.17) is 20.4 Å². The van der Waals surface area contributed by atoms with Crippen molar-refractivity contribution in [1.29, 1.82) is 0 Å². The average molecular weight is 262 g/mol. The normalized spacial score (nSPS) is 12.4. The minimum Gasteiger partial charge on any atom is -0.481 e. The van der Waals surface area contributed by atoms with Gasteiger partial charge in [-0.2, -0.15) is 0 Å². The fourth-order valence-electron chi connectivity index (χ4n) is 1.53. The first-order valence-electron chi connectivity index (χ1n) is 4.52. The Kier molecular flexibility index (Phi) is 4.97. The van der Waals surface area contributed by atoms with Crippen LogP contribution in [-0.4, -0.2) is 50.6 Å². The van der Waals surface area contributed by atoms with Gasteiger partial charge in [0.05, 0.1) is 12.8 Å². The van der Waals surface area contributed by atoms with Crippen molar-refractivity contribution < 1.29 is 44.4 Å². The van der Waals surface area contributed by atoms with Crippen LogP contribution in [0.3, 0.4) is 0 Å². The minimum absolute atomic E-state index is 0.275. The molecule has 0 spiro atoms. The molecule has 0 amide bonds. The predicted molar refractivity (Wildman–Crippen MR) is 51.8 cm³/mol. The van der Waals surface area contributed by atoms with Gasteiger partial charge in [0.15, 0.2) is 0 Å². The first-order valence-corrected chi connectivity index (χ1v) is 4.52. The third-order valence-electron chi connectivity index (χ3n) is 2.36. The fraction of sp³-hybridized carbons (Fsp3) is 0.444. The molecule has 0 aliphatic rings. The number of carboxylic acids is 4. The highest BCUT2D eigenvalue weighted by atomic mass is 16.4. The van der Waals surface area contributed by atoms with Crippen LogP contribution in [0.5, 0.6) is 0 Å². The summed E-state index contributed by atoms with van der Waals surface area (Å²) in [7, 11) is 0. The maximum absolute atomic E-state index is 11.0. The van der Waals surface area contributed by atoms with Gasteiger partial charge in [-0.25, -0.2) is 0 Å². The van der Waals surface area contributed by atoms with Crippen LogP contribution in [0.25, 0.3) is 0 Å². The van der Waals surface area contributed by atoms with Crippen molar-refractivity contribution in [1.82, 2.24) is 0 Å². The molecule has 0 saturated carbocycles. The SMILES string of the molecule is O=CC(C(=O)O)C(CC(=O)O)(CC(=O)O)C(=O)O. The highest BCUT2D eigenvalue weighted by Crippen LogP contribution is 2.35. The van der Waals surface area contributed by atoms with Gasteiger partial charge in [0.25, 0.3) is 0 Å². The molecular weight excluding hydrogens is 252 g/mol. The lowest BCUT2D eigenvalue weighted by Crippen LogP contribution is -2.46. The Balaban J connectivity index is 5.78. The molecule has 0 aromatic carbocycles. The van der Waals surface area contributed by atoms with Crippen molar-refractivity contribution in [3.8, 4) is 0 Å². The lowest BCUT2D eigenvalue weighted by Gasteiger charge is -2.28. The summed E-state index contributed by atoms with van der Waals surface area (Å²) in [5.74, 6) is -9.55. The maximum atomic E-state index is 11.0. The predicted octanol–water partition coefficient (Wildman–Crippen LogP) is -1.09. The lowest BCUT2D eigenvalue weighted by atomic mass is 9.71. The Morgan fingerprint density at radius 2 is 1.33 bits per heavy atom. The lowest BCUT2D eigenvalue weighted by molar-refractivity contribution is -0.171. The first-order chi connectivity index (χ1) is 8.17. The number of carbonyl (C=O) groups excluding carboxylic acids is 1. The molecule has 0 fully saturated rings. The number of carboxylic acid groups (broad SMARTS) is 4. The van der Waals surface area contributed by atoms with E-state index in [1.54, 1.807) is 0 Å². The zero-order valence-electron chi connectivity index (χ0n) is 8.90. The quantitative estimate of drug-likeness (QED) is 0.313. The largest absolute Gasteiger partial charge is 0.481 e. The van der Waals surface area contributed by atoms with Gasteiger partial charge in [-0.1, -0.05) is 0 Å². The number of hydrogen-bond acceptors (Lipinski definition) is 5. The van der Waals surface area contributed by atoms with Gasteiger partial charge in [0.1, 0.15) is 17.6 Å². The Labute approximate surface area is 99.6 Å². The van der Waals surface area contributed by atoms with Gasteiger partial charge < -0.3 is 25.2 Å². The van der Waals surface area contributed by atoms with Crippen LogP contribution in [0.4, 0.5) is 0 Å². The first kappa shape index (κ1) is 15.6. The molecule has 1 unspecified atom stereocenters. The van der Waals surface area contributed by atoms with Crippen molar-refractivity contribution in [3.63, 3.8) is 0 Å². The van der Waals surface area contributed by atoms with Crippen molar-refractivity contribution in [2.45, 2.75) is 12.8 Å². The topological polar surface area (TPSA) is 166 Å². The van der Waals surface area contributed by atoms with E-state index in [0.717, 1.165) is 0 Å². The average Bonchev–Trinajstić information content (AvgIpc) is 2.14. The zero-order chi connectivity index (χ0) is 14.5. The fourth-order valence-corrected chi connectivity index (χ4v) is 1.53. The van der Waals surface area contributed by atoms with Crippen LogP contribution in [0.1, 0.15) is 12.8 Å². The van der Waals surface area contributed by atoms with E-state index in [2.05, 4.69) is 0 Å². The number of aldehydes is 1. The molecule has 0 bridgehead atoms. The van der Waals surface area contributed by atoms with Crippen LogP contribution < -0.4 is 0 Å². The molecule has 0 heterocycles. The molecule has 1 atom stereocenters. The number of rotatable bonds is 8. The van der Waals surface area contributed by atoms with E-state index in [-0.39, 0.29) is 6.29 Å².